The number of pyridine rings is 1. The van der Waals surface area contributed by atoms with Gasteiger partial charge in [-0.3, -0.25) is 29.4 Å². The maximum atomic E-state index is 13.6. The van der Waals surface area contributed by atoms with E-state index in [4.69, 9.17) is 9.97 Å². The molecule has 0 unspecified atom stereocenters. The van der Waals surface area contributed by atoms with E-state index in [1.807, 2.05) is 54.6 Å². The van der Waals surface area contributed by atoms with E-state index in [0.717, 1.165) is 68.7 Å². The van der Waals surface area contributed by atoms with E-state index >= 15 is 0 Å². The number of aromatic nitrogens is 5. The van der Waals surface area contributed by atoms with Crippen LogP contribution < -0.4 is 26.0 Å². The van der Waals surface area contributed by atoms with Crippen LogP contribution in [0.4, 0.5) is 23.0 Å². The van der Waals surface area contributed by atoms with Crippen molar-refractivity contribution in [3.8, 4) is 5.82 Å². The Morgan fingerprint density at radius 1 is 0.862 bits per heavy atom. The molecule has 2 atom stereocenters. The highest BCUT2D eigenvalue weighted by Gasteiger charge is 2.46. The van der Waals surface area contributed by atoms with Gasteiger partial charge in [0.1, 0.15) is 17.0 Å². The number of piperazine rings is 1. The molecule has 3 saturated heterocycles. The van der Waals surface area contributed by atoms with Crippen LogP contribution >= 0.6 is 0 Å². The number of nitrogens with one attached hydrogen (secondary N) is 2. The Bertz CT molecular complexity index is 2770. The summed E-state index contributed by atoms with van der Waals surface area (Å²) in [6.45, 7) is 9.66. The van der Waals surface area contributed by atoms with Crippen molar-refractivity contribution in [3.05, 3.63) is 106 Å². The van der Waals surface area contributed by atoms with Gasteiger partial charge in [0, 0.05) is 87.6 Å². The molecule has 65 heavy (non-hydrogen) atoms. The molecule has 5 aliphatic heterocycles. The average molecular weight is 878 g/mol. The van der Waals surface area contributed by atoms with Crippen LogP contribution in [0.25, 0.3) is 16.9 Å². The first-order chi connectivity index (χ1) is 31.5. The normalized spacial score (nSPS) is 23.6. The van der Waals surface area contributed by atoms with E-state index in [1.54, 1.807) is 27.4 Å². The Labute approximate surface area is 376 Å². The molecular weight excluding hydrogens is 823 g/mol. The lowest BCUT2D eigenvalue weighted by Gasteiger charge is -2.54. The maximum Gasteiger partial charge on any atom is 0.278 e. The zero-order valence-electron chi connectivity index (χ0n) is 36.8. The molecule has 11 rings (SSSR count). The predicted molar refractivity (Wildman–Crippen MR) is 246 cm³/mol. The van der Waals surface area contributed by atoms with Crippen molar-refractivity contribution in [1.29, 1.82) is 0 Å². The van der Waals surface area contributed by atoms with E-state index in [-0.39, 0.29) is 29.7 Å². The molecule has 6 aliphatic rings. The van der Waals surface area contributed by atoms with Gasteiger partial charge in [-0.2, -0.15) is 4.98 Å². The van der Waals surface area contributed by atoms with Crippen LogP contribution in [0.2, 0.25) is 0 Å². The standard InChI is InChI=1S/C49H55N11O5/c1-48(65)16-3-2-4-19-59-46(64)38-29-50-47(54-43(38)60(59)41-7-5-6-40(48)52-41)51-34-9-12-35(13-10-34)57-24-22-55(23-25-57)30-32-27-49(28-32)17-20-56(21-18-49)36-11-8-33-31-58(45(63)37(33)26-36)39-14-15-42(61)53-44(39)62/h2,4-13,26,29,32,39,65H,3,14-25,27-28,30-31H2,1H3,(H,50,51,54)(H,53,61,62)/t39-,48+/m0/s1. The van der Waals surface area contributed by atoms with Crippen molar-refractivity contribution in [3.63, 3.8) is 0 Å². The molecule has 336 valence electrons. The van der Waals surface area contributed by atoms with Crippen LogP contribution in [-0.2, 0) is 28.3 Å². The van der Waals surface area contributed by atoms with Crippen LogP contribution in [-0.4, -0.2) is 109 Å². The number of rotatable bonds is 7. The first-order valence-corrected chi connectivity index (χ1v) is 23.2. The van der Waals surface area contributed by atoms with Gasteiger partial charge in [-0.05, 0) is 117 Å². The van der Waals surface area contributed by atoms with Gasteiger partial charge in [-0.25, -0.2) is 19.3 Å². The summed E-state index contributed by atoms with van der Waals surface area (Å²) in [4.78, 5) is 74.4. The van der Waals surface area contributed by atoms with Crippen LogP contribution in [0, 0.1) is 11.3 Å². The minimum atomic E-state index is -1.12. The van der Waals surface area contributed by atoms with Gasteiger partial charge >= 0.3 is 0 Å². The number of benzene rings is 2. The number of amides is 3. The van der Waals surface area contributed by atoms with Crippen molar-refractivity contribution in [2.75, 3.05) is 60.9 Å². The fourth-order valence-electron chi connectivity index (χ4n) is 11.2. The first kappa shape index (κ1) is 41.3. The summed E-state index contributed by atoms with van der Waals surface area (Å²) < 4.78 is 3.33. The number of carbonyl (C=O) groups is 3. The monoisotopic (exact) mass is 877 g/mol. The number of carbonyl (C=O) groups excluding carboxylic acids is 3. The molecule has 0 radical (unpaired) electrons. The molecule has 3 amide bonds. The minimum absolute atomic E-state index is 0.116. The summed E-state index contributed by atoms with van der Waals surface area (Å²) in [6.07, 6.45) is 12.2. The second-order valence-corrected chi connectivity index (χ2v) is 19.3. The quantitative estimate of drug-likeness (QED) is 0.150. The predicted octanol–water partition coefficient (Wildman–Crippen LogP) is 4.86. The third kappa shape index (κ3) is 7.75. The van der Waals surface area contributed by atoms with Crippen molar-refractivity contribution in [1.82, 2.24) is 39.4 Å². The fourth-order valence-corrected chi connectivity index (χ4v) is 11.2. The fraction of sp³-hybridized carbons (Fsp3) is 0.449. The lowest BCUT2D eigenvalue weighted by Crippen LogP contribution is -2.52. The minimum Gasteiger partial charge on any atom is -0.384 e. The number of imide groups is 1. The number of allylic oxidation sites excluding steroid dienone is 2. The smallest absolute Gasteiger partial charge is 0.278 e. The summed E-state index contributed by atoms with van der Waals surface area (Å²) >= 11 is 0. The SMILES string of the molecule is C[C@@]1(O)CCC=CCn2c(=O)c3cnc(Nc4ccc(N5CCN(CC6CC7(CCN(c8ccc9c(c8)C(=O)N([C@H]8CCC(=O)NC8=O)C9)CC7)C6)CC5)cc4)nc3n2-c2cccc1n2. The number of fused-ring (bicyclic) bond motifs is 7. The van der Waals surface area contributed by atoms with E-state index in [1.165, 1.54) is 31.4 Å². The second-order valence-electron chi connectivity index (χ2n) is 19.3. The van der Waals surface area contributed by atoms with Gasteiger partial charge in [0.15, 0.2) is 11.5 Å². The largest absolute Gasteiger partial charge is 0.384 e. The van der Waals surface area contributed by atoms with Crippen molar-refractivity contribution in [2.45, 2.75) is 83.0 Å². The van der Waals surface area contributed by atoms with Gasteiger partial charge in [0.05, 0.1) is 12.2 Å². The summed E-state index contributed by atoms with van der Waals surface area (Å²) in [5.74, 6) is 0.843. The average Bonchev–Trinajstić information content (AvgIpc) is 3.77. The van der Waals surface area contributed by atoms with E-state index in [0.29, 0.717) is 71.8 Å². The first-order valence-electron chi connectivity index (χ1n) is 23.2. The number of hydrogen-bond acceptors (Lipinski definition) is 12. The second kappa shape index (κ2) is 16.2. The molecule has 2 bridgehead atoms. The number of anilines is 4. The zero-order chi connectivity index (χ0) is 44.5. The molecule has 3 N–H and O–H groups in total. The Morgan fingerprint density at radius 2 is 1.63 bits per heavy atom. The highest BCUT2D eigenvalue weighted by atomic mass is 16.3. The van der Waals surface area contributed by atoms with Gasteiger partial charge in [-0.15, -0.1) is 0 Å². The molecule has 5 aromatic rings. The molecule has 3 aromatic heterocycles. The van der Waals surface area contributed by atoms with Crippen LogP contribution in [0.1, 0.15) is 79.9 Å². The van der Waals surface area contributed by atoms with E-state index in [2.05, 4.69) is 48.5 Å². The molecule has 1 saturated carbocycles. The van der Waals surface area contributed by atoms with Crippen molar-refractivity contribution < 1.29 is 19.5 Å². The summed E-state index contributed by atoms with van der Waals surface area (Å²) in [5.41, 5.74) is 4.81. The number of piperidine rings is 2. The van der Waals surface area contributed by atoms with Gasteiger partial charge in [0.2, 0.25) is 17.8 Å². The summed E-state index contributed by atoms with van der Waals surface area (Å²) in [5, 5.41) is 17.3. The molecule has 2 aromatic carbocycles. The lowest BCUT2D eigenvalue weighted by molar-refractivity contribution is -0.136. The van der Waals surface area contributed by atoms with Crippen LogP contribution in [0.5, 0.6) is 0 Å². The van der Waals surface area contributed by atoms with E-state index in [9.17, 15) is 24.3 Å². The van der Waals surface area contributed by atoms with Gasteiger partial charge in [-0.1, -0.05) is 24.3 Å². The highest BCUT2D eigenvalue weighted by Crippen LogP contribution is 2.53. The van der Waals surface area contributed by atoms with Gasteiger partial charge in [0.25, 0.3) is 11.5 Å². The molecule has 16 heteroatoms. The Morgan fingerprint density at radius 3 is 2.42 bits per heavy atom. The number of aliphatic hydroxyl groups is 1. The summed E-state index contributed by atoms with van der Waals surface area (Å²) in [6, 6.07) is 19.4. The molecule has 1 aliphatic carbocycles. The Hall–Kier alpha value is -6.39. The topological polar surface area (TPSA) is 174 Å². The highest BCUT2D eigenvalue weighted by molar-refractivity contribution is 6.05. The van der Waals surface area contributed by atoms with Gasteiger partial charge < -0.3 is 25.1 Å². The molecule has 1 spiro atoms. The van der Waals surface area contributed by atoms with Crippen molar-refractivity contribution >= 4 is 51.8 Å². The van der Waals surface area contributed by atoms with Crippen LogP contribution in [0.3, 0.4) is 0 Å². The van der Waals surface area contributed by atoms with Crippen LogP contribution in [0.15, 0.2) is 83.8 Å². The van der Waals surface area contributed by atoms with Crippen molar-refractivity contribution in [2.24, 2.45) is 11.3 Å². The number of nitrogens with zero attached hydrogens (tertiary/aromatic N) is 9. The molecule has 4 fully saturated rings. The lowest BCUT2D eigenvalue weighted by atomic mass is 9.57. The Kier molecular flexibility index (Phi) is 10.3. The molecule has 8 heterocycles. The summed E-state index contributed by atoms with van der Waals surface area (Å²) in [7, 11) is 0. The third-order valence-corrected chi connectivity index (χ3v) is 14.9. The molecular formula is C49H55N11O5. The maximum absolute atomic E-state index is 13.6. The number of hydrogen-bond donors (Lipinski definition) is 3. The Balaban J connectivity index is 0.664. The zero-order valence-corrected chi connectivity index (χ0v) is 36.8. The molecule has 16 nitrogen and oxygen atoms in total. The third-order valence-electron chi connectivity index (χ3n) is 14.9. The van der Waals surface area contributed by atoms with E-state index < -0.39 is 11.6 Å².